The monoisotopic (exact) mass is 403 g/mol. The van der Waals surface area contributed by atoms with E-state index in [9.17, 15) is 9.59 Å². The van der Waals surface area contributed by atoms with Gasteiger partial charge in [-0.25, -0.2) is 0 Å². The summed E-state index contributed by atoms with van der Waals surface area (Å²) in [5, 5.41) is 8.10. The Bertz CT molecular complexity index is 1090. The van der Waals surface area contributed by atoms with E-state index in [4.69, 9.17) is 0 Å². The Kier molecular flexibility index (Phi) is 4.56. The topological polar surface area (TPSA) is 61.4 Å². The third kappa shape index (κ3) is 3.40. The maximum atomic E-state index is 13.2. The van der Waals surface area contributed by atoms with Crippen molar-refractivity contribution in [3.8, 4) is 0 Å². The zero-order valence-electron chi connectivity index (χ0n) is 15.9. The maximum Gasteiger partial charge on any atom is 0.232 e. The lowest BCUT2D eigenvalue weighted by Gasteiger charge is -2.31. The summed E-state index contributed by atoms with van der Waals surface area (Å²) in [4.78, 5) is 29.0. The van der Waals surface area contributed by atoms with Crippen molar-refractivity contribution in [1.82, 2.24) is 0 Å². The Balaban J connectivity index is 1.41. The third-order valence-corrected chi connectivity index (χ3v) is 6.65. The van der Waals surface area contributed by atoms with Crippen LogP contribution in [0, 0.1) is 0 Å². The first-order chi connectivity index (χ1) is 14.2. The standard InChI is InChI=1S/C23H21N3O2S/c27-22-13-17(16-5-1-2-6-18(16)24-22)23(28)25-19-7-3-4-8-20(19)26-11-9-21-15(14-26)10-12-29-21/h1-8,10,12,17H,9,11,13-14H2,(H,24,27)(H,25,28). The molecule has 0 bridgehead atoms. The summed E-state index contributed by atoms with van der Waals surface area (Å²) in [5.74, 6) is -0.760. The molecule has 2 amide bonds. The first-order valence-corrected chi connectivity index (χ1v) is 10.7. The van der Waals surface area contributed by atoms with Crippen LogP contribution in [-0.4, -0.2) is 18.4 Å². The van der Waals surface area contributed by atoms with Gasteiger partial charge >= 0.3 is 0 Å². The fourth-order valence-electron chi connectivity index (χ4n) is 4.17. The predicted molar refractivity (Wildman–Crippen MR) is 117 cm³/mol. The molecule has 5 nitrogen and oxygen atoms in total. The Hall–Kier alpha value is -3.12. The number of nitrogens with zero attached hydrogens (tertiary/aromatic N) is 1. The van der Waals surface area contributed by atoms with E-state index in [-0.39, 0.29) is 18.2 Å². The van der Waals surface area contributed by atoms with Crippen molar-refractivity contribution in [3.63, 3.8) is 0 Å². The number of nitrogens with one attached hydrogen (secondary N) is 2. The van der Waals surface area contributed by atoms with Crippen LogP contribution in [0.1, 0.15) is 28.3 Å². The van der Waals surface area contributed by atoms with Crippen LogP contribution < -0.4 is 15.5 Å². The average Bonchev–Trinajstić information content (AvgIpc) is 3.21. The van der Waals surface area contributed by atoms with Crippen LogP contribution in [0.15, 0.2) is 60.0 Å². The molecule has 3 heterocycles. The average molecular weight is 404 g/mol. The fraction of sp³-hybridized carbons (Fsp3) is 0.217. The van der Waals surface area contributed by atoms with Gasteiger partial charge in [-0.3, -0.25) is 9.59 Å². The molecule has 1 aromatic heterocycles. The van der Waals surface area contributed by atoms with Crippen LogP contribution in [0.3, 0.4) is 0 Å². The largest absolute Gasteiger partial charge is 0.365 e. The molecule has 6 heteroatoms. The van der Waals surface area contributed by atoms with Crippen molar-refractivity contribution < 1.29 is 9.59 Å². The highest BCUT2D eigenvalue weighted by Crippen LogP contribution is 2.35. The minimum atomic E-state index is -0.488. The van der Waals surface area contributed by atoms with Gasteiger partial charge in [0.05, 0.1) is 17.3 Å². The van der Waals surface area contributed by atoms with Crippen LogP contribution in [-0.2, 0) is 22.6 Å². The molecule has 1 atom stereocenters. The Morgan fingerprint density at radius 1 is 1.10 bits per heavy atom. The molecule has 5 rings (SSSR count). The van der Waals surface area contributed by atoms with Crippen molar-refractivity contribution in [1.29, 1.82) is 0 Å². The normalized spacial score (nSPS) is 17.9. The lowest BCUT2D eigenvalue weighted by atomic mass is 9.89. The number of benzene rings is 2. The predicted octanol–water partition coefficient (Wildman–Crippen LogP) is 4.38. The second-order valence-corrected chi connectivity index (χ2v) is 8.44. The van der Waals surface area contributed by atoms with Crippen LogP contribution in [0.4, 0.5) is 17.1 Å². The highest BCUT2D eigenvalue weighted by Gasteiger charge is 2.31. The number of anilines is 3. The summed E-state index contributed by atoms with van der Waals surface area (Å²) in [7, 11) is 0. The van der Waals surface area contributed by atoms with Crippen LogP contribution in [0.25, 0.3) is 0 Å². The van der Waals surface area contributed by atoms with E-state index < -0.39 is 5.92 Å². The van der Waals surface area contributed by atoms with Gasteiger partial charge in [0, 0.05) is 30.1 Å². The Labute approximate surface area is 173 Å². The molecule has 0 spiro atoms. The van der Waals surface area contributed by atoms with Gasteiger partial charge in [-0.1, -0.05) is 30.3 Å². The van der Waals surface area contributed by atoms with Crippen molar-refractivity contribution in [2.45, 2.75) is 25.3 Å². The molecule has 29 heavy (non-hydrogen) atoms. The number of thiophene rings is 1. The summed E-state index contributed by atoms with van der Waals surface area (Å²) in [6, 6.07) is 17.6. The molecule has 3 aromatic rings. The molecule has 0 saturated carbocycles. The van der Waals surface area contributed by atoms with Gasteiger partial charge in [-0.05, 0) is 47.2 Å². The van der Waals surface area contributed by atoms with Crippen LogP contribution >= 0.6 is 11.3 Å². The van der Waals surface area contributed by atoms with E-state index in [0.29, 0.717) is 0 Å². The van der Waals surface area contributed by atoms with Gasteiger partial charge in [0.15, 0.2) is 0 Å². The van der Waals surface area contributed by atoms with Gasteiger partial charge in [-0.2, -0.15) is 0 Å². The molecule has 0 saturated heterocycles. The molecule has 0 fully saturated rings. The number of hydrogen-bond acceptors (Lipinski definition) is 4. The molecule has 1 unspecified atom stereocenters. The number of rotatable bonds is 3. The minimum absolute atomic E-state index is 0.127. The van der Waals surface area contributed by atoms with Gasteiger partial charge in [0.2, 0.25) is 11.8 Å². The van der Waals surface area contributed by atoms with E-state index in [1.54, 1.807) is 0 Å². The minimum Gasteiger partial charge on any atom is -0.365 e. The molecular weight excluding hydrogens is 382 g/mol. The van der Waals surface area contributed by atoms with E-state index in [1.165, 1.54) is 10.4 Å². The number of carbonyl (C=O) groups excluding carboxylic acids is 2. The number of fused-ring (bicyclic) bond motifs is 2. The zero-order valence-corrected chi connectivity index (χ0v) is 16.7. The summed E-state index contributed by atoms with van der Waals surface area (Å²) < 4.78 is 0. The molecule has 2 aliphatic heterocycles. The van der Waals surface area contributed by atoms with Crippen molar-refractivity contribution in [2.75, 3.05) is 22.1 Å². The summed E-state index contributed by atoms with van der Waals surface area (Å²) >= 11 is 1.82. The molecule has 2 N–H and O–H groups in total. The Morgan fingerprint density at radius 2 is 1.93 bits per heavy atom. The molecule has 0 aliphatic carbocycles. The highest BCUT2D eigenvalue weighted by atomic mass is 32.1. The SMILES string of the molecule is O=C1CC(C(=O)Nc2ccccc2N2CCc3sccc3C2)c2ccccc2N1. The maximum absolute atomic E-state index is 13.2. The van der Waals surface area contributed by atoms with E-state index in [0.717, 1.165) is 42.1 Å². The molecule has 0 radical (unpaired) electrons. The lowest BCUT2D eigenvalue weighted by molar-refractivity contribution is -0.123. The summed E-state index contributed by atoms with van der Waals surface area (Å²) in [5.41, 5.74) is 4.76. The molecule has 146 valence electrons. The number of amides is 2. The summed E-state index contributed by atoms with van der Waals surface area (Å²) in [6.07, 6.45) is 1.18. The third-order valence-electron chi connectivity index (χ3n) is 5.63. The zero-order chi connectivity index (χ0) is 19.8. The fourth-order valence-corrected chi connectivity index (χ4v) is 5.06. The van der Waals surface area contributed by atoms with E-state index >= 15 is 0 Å². The first-order valence-electron chi connectivity index (χ1n) is 9.78. The first kappa shape index (κ1) is 17.9. The highest BCUT2D eigenvalue weighted by molar-refractivity contribution is 7.10. The quantitative estimate of drug-likeness (QED) is 0.682. The lowest BCUT2D eigenvalue weighted by Crippen LogP contribution is -2.32. The molecule has 2 aliphatic rings. The smallest absolute Gasteiger partial charge is 0.232 e. The van der Waals surface area contributed by atoms with Crippen molar-refractivity contribution >= 4 is 40.2 Å². The molecular formula is C23H21N3O2S. The summed E-state index contributed by atoms with van der Waals surface area (Å²) in [6.45, 7) is 1.77. The van der Waals surface area contributed by atoms with Gasteiger partial charge in [-0.15, -0.1) is 11.3 Å². The van der Waals surface area contributed by atoms with E-state index in [2.05, 4.69) is 33.0 Å². The van der Waals surface area contributed by atoms with Gasteiger partial charge in [0.1, 0.15) is 0 Å². The second kappa shape index (κ2) is 7.37. The number of carbonyl (C=O) groups is 2. The second-order valence-electron chi connectivity index (χ2n) is 7.44. The molecule has 2 aromatic carbocycles. The van der Waals surface area contributed by atoms with Crippen LogP contribution in [0.2, 0.25) is 0 Å². The van der Waals surface area contributed by atoms with Gasteiger partial charge < -0.3 is 15.5 Å². The van der Waals surface area contributed by atoms with E-state index in [1.807, 2.05) is 53.8 Å². The Morgan fingerprint density at radius 3 is 2.86 bits per heavy atom. The van der Waals surface area contributed by atoms with Crippen molar-refractivity contribution in [3.05, 3.63) is 76.0 Å². The van der Waals surface area contributed by atoms with Crippen LogP contribution in [0.5, 0.6) is 0 Å². The van der Waals surface area contributed by atoms with Crippen molar-refractivity contribution in [2.24, 2.45) is 0 Å². The van der Waals surface area contributed by atoms with Gasteiger partial charge in [0.25, 0.3) is 0 Å². The number of para-hydroxylation sites is 3. The number of hydrogen-bond donors (Lipinski definition) is 2.